The second-order valence-corrected chi connectivity index (χ2v) is 10.5. The van der Waals surface area contributed by atoms with Crippen molar-refractivity contribution in [2.24, 2.45) is 0 Å². The molecule has 4 rings (SSSR count). The second kappa shape index (κ2) is 8.34. The number of fused-ring (bicyclic) bond motifs is 1. The average Bonchev–Trinajstić information content (AvgIpc) is 3.18. The maximum Gasteiger partial charge on any atom is 0.265 e. The lowest BCUT2D eigenvalue weighted by atomic mass is 10.2. The zero-order chi connectivity index (χ0) is 22.2. The fourth-order valence-corrected chi connectivity index (χ4v) is 5.39. The third kappa shape index (κ3) is 4.30. The molecule has 0 aliphatic rings. The monoisotopic (exact) mass is 470 g/mol. The van der Waals surface area contributed by atoms with E-state index in [9.17, 15) is 13.2 Å². The number of rotatable bonds is 5. The molecule has 1 N–H and O–H groups in total. The van der Waals surface area contributed by atoms with Gasteiger partial charge in [0.2, 0.25) is 0 Å². The number of hydrogen-bond acceptors (Lipinski definition) is 4. The van der Waals surface area contributed by atoms with E-state index in [1.165, 1.54) is 34.8 Å². The van der Waals surface area contributed by atoms with E-state index in [0.29, 0.717) is 15.6 Å². The van der Waals surface area contributed by atoms with Crippen molar-refractivity contribution < 1.29 is 13.2 Å². The normalized spacial score (nSPS) is 11.5. The molecule has 5 nitrogen and oxygen atoms in total. The number of amides is 1. The standard InChI is InChI=1S/C23H19ClN2O3S2/c1-15-5-3-4-6-20(15)25-23(27)22-14-16-13-18(9-12-21(16)30-22)26(2)31(28,29)19-10-7-17(24)8-11-19/h3-14H,1-2H3,(H,25,27). The summed E-state index contributed by atoms with van der Waals surface area (Å²) in [7, 11) is -2.23. The van der Waals surface area contributed by atoms with Crippen LogP contribution in [0.2, 0.25) is 5.02 Å². The van der Waals surface area contributed by atoms with E-state index in [-0.39, 0.29) is 10.8 Å². The number of carbonyl (C=O) groups excluding carboxylic acids is 1. The van der Waals surface area contributed by atoms with Gasteiger partial charge in [-0.05, 0) is 72.5 Å². The minimum Gasteiger partial charge on any atom is -0.321 e. The Morgan fingerprint density at radius 1 is 1.00 bits per heavy atom. The SMILES string of the molecule is Cc1ccccc1NC(=O)c1cc2cc(N(C)S(=O)(=O)c3ccc(Cl)cc3)ccc2s1. The van der Waals surface area contributed by atoms with Gasteiger partial charge in [0.1, 0.15) is 0 Å². The molecular weight excluding hydrogens is 452 g/mol. The number of nitrogens with one attached hydrogen (secondary N) is 1. The van der Waals surface area contributed by atoms with E-state index in [1.54, 1.807) is 30.3 Å². The first-order valence-electron chi connectivity index (χ1n) is 9.41. The number of sulfonamides is 1. The molecule has 0 saturated carbocycles. The van der Waals surface area contributed by atoms with Gasteiger partial charge >= 0.3 is 0 Å². The number of para-hydroxylation sites is 1. The molecule has 0 saturated heterocycles. The van der Waals surface area contributed by atoms with Gasteiger partial charge in [0.05, 0.1) is 15.5 Å². The molecule has 1 aromatic heterocycles. The fraction of sp³-hybridized carbons (Fsp3) is 0.0870. The van der Waals surface area contributed by atoms with Gasteiger partial charge < -0.3 is 5.32 Å². The Balaban J connectivity index is 1.62. The Labute approximate surface area is 189 Å². The van der Waals surface area contributed by atoms with Crippen LogP contribution in [0.15, 0.2) is 77.7 Å². The smallest absolute Gasteiger partial charge is 0.265 e. The van der Waals surface area contributed by atoms with Crippen LogP contribution in [0.25, 0.3) is 10.1 Å². The summed E-state index contributed by atoms with van der Waals surface area (Å²) in [5.74, 6) is -0.195. The van der Waals surface area contributed by atoms with Crippen molar-refractivity contribution >= 4 is 60.3 Å². The third-order valence-corrected chi connectivity index (χ3v) is 8.12. The Morgan fingerprint density at radius 2 is 1.71 bits per heavy atom. The summed E-state index contributed by atoms with van der Waals surface area (Å²) >= 11 is 7.23. The van der Waals surface area contributed by atoms with Crippen LogP contribution in [-0.4, -0.2) is 21.4 Å². The molecule has 0 radical (unpaired) electrons. The van der Waals surface area contributed by atoms with Crippen molar-refractivity contribution in [1.82, 2.24) is 0 Å². The minimum absolute atomic E-state index is 0.156. The highest BCUT2D eigenvalue weighted by molar-refractivity contribution is 7.92. The zero-order valence-corrected chi connectivity index (χ0v) is 19.2. The van der Waals surface area contributed by atoms with Gasteiger partial charge in [0.25, 0.3) is 15.9 Å². The summed E-state index contributed by atoms with van der Waals surface area (Å²) in [6.45, 7) is 1.93. The molecule has 0 aliphatic heterocycles. The zero-order valence-electron chi connectivity index (χ0n) is 16.8. The van der Waals surface area contributed by atoms with Crippen LogP contribution in [0.5, 0.6) is 0 Å². The molecule has 0 atom stereocenters. The van der Waals surface area contributed by atoms with Crippen molar-refractivity contribution in [3.05, 3.63) is 88.3 Å². The van der Waals surface area contributed by atoms with Gasteiger partial charge in [-0.25, -0.2) is 8.42 Å². The van der Waals surface area contributed by atoms with Gasteiger partial charge in [-0.2, -0.15) is 0 Å². The molecule has 0 aliphatic carbocycles. The molecule has 0 fully saturated rings. The predicted molar refractivity (Wildman–Crippen MR) is 128 cm³/mol. The first-order chi connectivity index (χ1) is 14.8. The molecule has 8 heteroatoms. The Hall–Kier alpha value is -2.87. The highest BCUT2D eigenvalue weighted by Crippen LogP contribution is 2.32. The van der Waals surface area contributed by atoms with Crippen molar-refractivity contribution in [3.8, 4) is 0 Å². The van der Waals surface area contributed by atoms with Crippen LogP contribution in [0.3, 0.4) is 0 Å². The molecule has 3 aromatic carbocycles. The van der Waals surface area contributed by atoms with Crippen molar-refractivity contribution in [1.29, 1.82) is 0 Å². The average molecular weight is 471 g/mol. The fourth-order valence-electron chi connectivity index (χ4n) is 3.14. The molecule has 158 valence electrons. The summed E-state index contributed by atoms with van der Waals surface area (Å²) in [4.78, 5) is 13.4. The number of hydrogen-bond donors (Lipinski definition) is 1. The van der Waals surface area contributed by atoms with Gasteiger partial charge in [-0.15, -0.1) is 11.3 Å². The van der Waals surface area contributed by atoms with E-state index in [4.69, 9.17) is 11.6 Å². The van der Waals surface area contributed by atoms with Crippen LogP contribution < -0.4 is 9.62 Å². The molecule has 0 spiro atoms. The predicted octanol–water partition coefficient (Wildman–Crippen LogP) is 5.94. The second-order valence-electron chi connectivity index (χ2n) is 7.03. The Bertz CT molecular complexity index is 1380. The quantitative estimate of drug-likeness (QED) is 0.392. The highest BCUT2D eigenvalue weighted by atomic mass is 35.5. The van der Waals surface area contributed by atoms with E-state index < -0.39 is 10.0 Å². The molecule has 4 aromatic rings. The highest BCUT2D eigenvalue weighted by Gasteiger charge is 2.22. The largest absolute Gasteiger partial charge is 0.321 e. The number of benzene rings is 3. The third-order valence-electron chi connectivity index (χ3n) is 4.95. The first kappa shape index (κ1) is 21.4. The van der Waals surface area contributed by atoms with Crippen LogP contribution in [-0.2, 0) is 10.0 Å². The first-order valence-corrected chi connectivity index (χ1v) is 12.0. The van der Waals surface area contributed by atoms with Gasteiger partial charge in [-0.1, -0.05) is 29.8 Å². The van der Waals surface area contributed by atoms with Crippen LogP contribution in [0.1, 0.15) is 15.2 Å². The number of nitrogens with zero attached hydrogens (tertiary/aromatic N) is 1. The molecule has 31 heavy (non-hydrogen) atoms. The van der Waals surface area contributed by atoms with Crippen LogP contribution in [0, 0.1) is 6.92 Å². The number of anilines is 2. The van der Waals surface area contributed by atoms with Gasteiger partial charge in [0, 0.05) is 22.5 Å². The maximum atomic E-state index is 12.9. The lowest BCUT2D eigenvalue weighted by molar-refractivity contribution is 0.103. The number of aryl methyl sites for hydroxylation is 1. The van der Waals surface area contributed by atoms with E-state index in [1.807, 2.05) is 37.3 Å². The molecule has 0 unspecified atom stereocenters. The van der Waals surface area contributed by atoms with E-state index >= 15 is 0 Å². The summed E-state index contributed by atoms with van der Waals surface area (Å²) in [6, 6.07) is 20.7. The van der Waals surface area contributed by atoms with Crippen molar-refractivity contribution in [3.63, 3.8) is 0 Å². The topological polar surface area (TPSA) is 66.5 Å². The van der Waals surface area contributed by atoms with Crippen LogP contribution >= 0.6 is 22.9 Å². The molecule has 0 bridgehead atoms. The number of carbonyl (C=O) groups is 1. The molecular formula is C23H19ClN2O3S2. The van der Waals surface area contributed by atoms with E-state index in [2.05, 4.69) is 5.32 Å². The van der Waals surface area contributed by atoms with Gasteiger partial charge in [0.15, 0.2) is 0 Å². The summed E-state index contributed by atoms with van der Waals surface area (Å²) < 4.78 is 28.0. The molecule has 1 amide bonds. The van der Waals surface area contributed by atoms with E-state index in [0.717, 1.165) is 21.3 Å². The lowest BCUT2D eigenvalue weighted by Gasteiger charge is -2.19. The van der Waals surface area contributed by atoms with Crippen molar-refractivity contribution in [2.45, 2.75) is 11.8 Å². The van der Waals surface area contributed by atoms with Crippen LogP contribution in [0.4, 0.5) is 11.4 Å². The Morgan fingerprint density at radius 3 is 2.42 bits per heavy atom. The maximum absolute atomic E-state index is 12.9. The summed E-state index contributed by atoms with van der Waals surface area (Å²) in [5, 5.41) is 4.20. The Kier molecular flexibility index (Phi) is 5.75. The molecule has 1 heterocycles. The minimum atomic E-state index is -3.73. The summed E-state index contributed by atoms with van der Waals surface area (Å²) in [6.07, 6.45) is 0. The number of thiophene rings is 1. The lowest BCUT2D eigenvalue weighted by Crippen LogP contribution is -2.26. The van der Waals surface area contributed by atoms with Crippen molar-refractivity contribution in [2.75, 3.05) is 16.7 Å². The summed E-state index contributed by atoms with van der Waals surface area (Å²) in [5.41, 5.74) is 2.25. The number of halogens is 1. The van der Waals surface area contributed by atoms with Gasteiger partial charge in [-0.3, -0.25) is 9.10 Å².